The van der Waals surface area contributed by atoms with Crippen molar-refractivity contribution < 1.29 is 0 Å². The number of nitrogens with zero attached hydrogens (tertiary/aromatic N) is 1. The molecule has 0 aliphatic heterocycles. The van der Waals surface area contributed by atoms with Gasteiger partial charge in [-0.2, -0.15) is 0 Å². The van der Waals surface area contributed by atoms with Crippen molar-refractivity contribution in [3.05, 3.63) is 0 Å². The van der Waals surface area contributed by atoms with Gasteiger partial charge in [-0.1, -0.05) is 11.8 Å². The van der Waals surface area contributed by atoms with Crippen LogP contribution in [0.3, 0.4) is 0 Å². The minimum atomic E-state index is 0. The van der Waals surface area contributed by atoms with Crippen molar-refractivity contribution >= 4 is 50.9 Å². The third kappa shape index (κ3) is 19.2. The van der Waals surface area contributed by atoms with Crippen LogP contribution in [0.15, 0.2) is 0 Å². The van der Waals surface area contributed by atoms with E-state index in [1.165, 1.54) is 18.2 Å². The highest BCUT2D eigenvalue weighted by Gasteiger charge is 1.92. The summed E-state index contributed by atoms with van der Waals surface area (Å²) in [5.74, 6) is 0.975. The molecular weight excluding hydrogens is 318 g/mol. The van der Waals surface area contributed by atoms with Crippen LogP contribution in [0, 0.1) is 5.41 Å². The fourth-order valence-corrected chi connectivity index (χ4v) is 1.28. The van der Waals surface area contributed by atoms with Gasteiger partial charge in [0.1, 0.15) is 0 Å². The average Bonchev–Trinajstić information content (AvgIpc) is 1.85. The third-order valence-corrected chi connectivity index (χ3v) is 2.06. The van der Waals surface area contributed by atoms with E-state index in [1.54, 1.807) is 0 Å². The molecule has 0 aromatic carbocycles. The summed E-state index contributed by atoms with van der Waals surface area (Å²) in [7, 11) is 4.14. The molecule has 13 heavy (non-hydrogen) atoms. The molecule has 82 valence electrons. The number of halogens is 2. The van der Waals surface area contributed by atoms with Crippen LogP contribution in [-0.2, 0) is 0 Å². The van der Waals surface area contributed by atoms with E-state index in [1.807, 2.05) is 0 Å². The lowest BCUT2D eigenvalue weighted by Gasteiger charge is -2.07. The second kappa shape index (κ2) is 12.7. The molecule has 3 nitrogen and oxygen atoms in total. The summed E-state index contributed by atoms with van der Waals surface area (Å²) in [4.78, 5) is 2.17. The number of nitrogens with two attached hydrogens (primary N) is 1. The van der Waals surface area contributed by atoms with Gasteiger partial charge in [-0.15, -0.1) is 34.0 Å². The Morgan fingerprint density at radius 1 is 1.31 bits per heavy atom. The van der Waals surface area contributed by atoms with Gasteiger partial charge in [-0.3, -0.25) is 5.41 Å². The van der Waals surface area contributed by atoms with Crippen molar-refractivity contribution in [2.45, 2.75) is 12.8 Å². The van der Waals surface area contributed by atoms with E-state index >= 15 is 0 Å². The topological polar surface area (TPSA) is 53.1 Å². The zero-order valence-electron chi connectivity index (χ0n) is 8.08. The maximum absolute atomic E-state index is 6.94. The number of unbranched alkanes of at least 4 members (excludes halogenated alkanes) is 1. The number of nitrogens with one attached hydrogen (secondary N) is 1. The smallest absolute Gasteiger partial charge is 0.151 e. The Balaban J connectivity index is -0.000000500. The summed E-state index contributed by atoms with van der Waals surface area (Å²) in [6.07, 6.45) is 2.33. The number of thioether (sulfide) groups is 1. The van der Waals surface area contributed by atoms with Crippen LogP contribution in [-0.4, -0.2) is 36.5 Å². The van der Waals surface area contributed by atoms with E-state index in [0.717, 1.165) is 18.7 Å². The van der Waals surface area contributed by atoms with Crippen molar-refractivity contribution in [3.63, 3.8) is 0 Å². The molecule has 0 amide bonds. The van der Waals surface area contributed by atoms with Gasteiger partial charge in [0, 0.05) is 5.75 Å². The van der Waals surface area contributed by atoms with Crippen LogP contribution in [0.4, 0.5) is 0 Å². The number of hydrogen-bond acceptors (Lipinski definition) is 3. The molecule has 0 rings (SSSR count). The monoisotopic (exact) mass is 335 g/mol. The molecule has 0 saturated carbocycles. The largest absolute Gasteiger partial charge is 0.379 e. The zero-order chi connectivity index (χ0) is 8.69. The quantitative estimate of drug-likeness (QED) is 0.459. The van der Waals surface area contributed by atoms with E-state index in [0.29, 0.717) is 0 Å². The molecule has 0 saturated heterocycles. The molecule has 0 fully saturated rings. The van der Waals surface area contributed by atoms with Crippen molar-refractivity contribution in [2.75, 3.05) is 26.4 Å². The van der Waals surface area contributed by atoms with Crippen LogP contribution in [0.2, 0.25) is 0 Å². The number of rotatable bonds is 5. The molecule has 0 aliphatic rings. The second-order valence-electron chi connectivity index (χ2n) is 2.72. The average molecular weight is 337 g/mol. The summed E-state index contributed by atoms with van der Waals surface area (Å²) in [5, 5.41) is 7.18. The minimum absolute atomic E-state index is 0. The van der Waals surface area contributed by atoms with Crippen LogP contribution in [0.5, 0.6) is 0 Å². The van der Waals surface area contributed by atoms with Gasteiger partial charge >= 0.3 is 0 Å². The molecule has 3 N–H and O–H groups in total. The molecule has 0 aromatic heterocycles. The maximum atomic E-state index is 6.94. The molecule has 0 aromatic rings. The van der Waals surface area contributed by atoms with Gasteiger partial charge in [-0.05, 0) is 33.5 Å². The van der Waals surface area contributed by atoms with Gasteiger partial charge in [0.05, 0.1) is 0 Å². The first kappa shape index (κ1) is 19.3. The predicted molar refractivity (Wildman–Crippen MR) is 72.8 cm³/mol. The summed E-state index contributed by atoms with van der Waals surface area (Å²) >= 11 is 1.43. The lowest BCUT2D eigenvalue weighted by Crippen LogP contribution is -2.13. The zero-order valence-corrected chi connectivity index (χ0v) is 12.3. The minimum Gasteiger partial charge on any atom is -0.379 e. The molecule has 0 aliphatic carbocycles. The Bertz CT molecular complexity index is 122. The highest BCUT2D eigenvalue weighted by atomic mass is 79.9. The molecule has 0 atom stereocenters. The van der Waals surface area contributed by atoms with Gasteiger partial charge in [-0.25, -0.2) is 0 Å². The molecule has 0 radical (unpaired) electrons. The third-order valence-electron chi connectivity index (χ3n) is 1.26. The lowest BCUT2D eigenvalue weighted by atomic mass is 10.3. The fraction of sp³-hybridized carbons (Fsp3) is 0.857. The molecular formula is C7H19Br2N3S. The Hall–Kier alpha value is 0.740. The number of hydrogen-bond donors (Lipinski definition) is 2. The molecule has 0 heterocycles. The number of amidine groups is 1. The van der Waals surface area contributed by atoms with E-state index in [2.05, 4.69) is 19.0 Å². The van der Waals surface area contributed by atoms with Crippen LogP contribution >= 0.6 is 45.7 Å². The molecule has 0 bridgehead atoms. The van der Waals surface area contributed by atoms with Gasteiger partial charge in [0.25, 0.3) is 0 Å². The van der Waals surface area contributed by atoms with Crippen LogP contribution in [0.1, 0.15) is 12.8 Å². The highest BCUT2D eigenvalue weighted by molar-refractivity contribution is 8.93. The fourth-order valence-electron chi connectivity index (χ4n) is 0.712. The Morgan fingerprint density at radius 2 is 1.85 bits per heavy atom. The Labute approximate surface area is 106 Å². The Kier molecular flexibility index (Phi) is 18.9. The van der Waals surface area contributed by atoms with Gasteiger partial charge < -0.3 is 10.6 Å². The van der Waals surface area contributed by atoms with Gasteiger partial charge in [0.15, 0.2) is 5.17 Å². The Morgan fingerprint density at radius 3 is 2.23 bits per heavy atom. The van der Waals surface area contributed by atoms with Crippen molar-refractivity contribution in [1.29, 1.82) is 5.41 Å². The van der Waals surface area contributed by atoms with E-state index in [-0.39, 0.29) is 39.1 Å². The standard InChI is InChI=1S/C7H17N3S.2BrH/c1-10(2)5-3-4-6-11-7(8)9;;/h3-6H2,1-2H3,(H3,8,9);2*1H. The normalized spacial score (nSPS) is 8.85. The summed E-state index contributed by atoms with van der Waals surface area (Å²) in [6, 6.07) is 0. The summed E-state index contributed by atoms with van der Waals surface area (Å²) in [5.41, 5.74) is 5.17. The first-order chi connectivity index (χ1) is 5.13. The highest BCUT2D eigenvalue weighted by Crippen LogP contribution is 2.02. The van der Waals surface area contributed by atoms with E-state index < -0.39 is 0 Å². The van der Waals surface area contributed by atoms with E-state index in [9.17, 15) is 0 Å². The van der Waals surface area contributed by atoms with Crippen LogP contribution < -0.4 is 5.73 Å². The molecule has 6 heteroatoms. The second-order valence-corrected chi connectivity index (χ2v) is 3.86. The van der Waals surface area contributed by atoms with Crippen molar-refractivity contribution in [1.82, 2.24) is 4.90 Å². The van der Waals surface area contributed by atoms with Crippen molar-refractivity contribution in [3.8, 4) is 0 Å². The lowest BCUT2D eigenvalue weighted by molar-refractivity contribution is 0.399. The van der Waals surface area contributed by atoms with Crippen molar-refractivity contribution in [2.24, 2.45) is 5.73 Å². The summed E-state index contributed by atoms with van der Waals surface area (Å²) < 4.78 is 0. The SMILES string of the molecule is Br.Br.CN(C)CCCCSC(=N)N. The van der Waals surface area contributed by atoms with E-state index in [4.69, 9.17) is 11.1 Å². The first-order valence-corrected chi connectivity index (χ1v) is 4.73. The molecule has 0 unspecified atom stereocenters. The molecule has 0 spiro atoms. The predicted octanol–water partition coefficient (Wildman–Crippen LogP) is 2.11. The van der Waals surface area contributed by atoms with Crippen LogP contribution in [0.25, 0.3) is 0 Å². The van der Waals surface area contributed by atoms with Gasteiger partial charge in [0.2, 0.25) is 0 Å². The first-order valence-electron chi connectivity index (χ1n) is 3.74. The summed E-state index contributed by atoms with van der Waals surface area (Å²) in [6.45, 7) is 1.12. The maximum Gasteiger partial charge on any atom is 0.151 e.